The van der Waals surface area contributed by atoms with Crippen LogP contribution in [-0.2, 0) is 0 Å². The second kappa shape index (κ2) is 11.4. The van der Waals surface area contributed by atoms with Crippen molar-refractivity contribution in [3.8, 4) is 11.8 Å². The van der Waals surface area contributed by atoms with E-state index in [1.54, 1.807) is 24.1 Å². The first-order chi connectivity index (χ1) is 14.0. The van der Waals surface area contributed by atoms with Crippen LogP contribution in [-0.4, -0.2) is 53.0 Å². The van der Waals surface area contributed by atoms with Crippen LogP contribution in [0.15, 0.2) is 27.5 Å². The lowest BCUT2D eigenvalue weighted by Gasteiger charge is -2.07. The average Bonchev–Trinajstić information content (AvgIpc) is 2.68. The monoisotopic (exact) mass is 547 g/mol. The summed E-state index contributed by atoms with van der Waals surface area (Å²) in [7, 11) is 6.36. The summed E-state index contributed by atoms with van der Waals surface area (Å²) < 4.78 is 10.8. The van der Waals surface area contributed by atoms with Gasteiger partial charge in [-0.3, -0.25) is 20.2 Å². The molecule has 0 saturated heterocycles. The molecule has 0 radical (unpaired) electrons. The number of ether oxygens (including phenoxy) is 2. The maximum atomic E-state index is 11.0. The van der Waals surface area contributed by atoms with Gasteiger partial charge in [0.1, 0.15) is 0 Å². The van der Waals surface area contributed by atoms with Crippen LogP contribution in [0.25, 0.3) is 6.08 Å². The summed E-state index contributed by atoms with van der Waals surface area (Å²) in [4.78, 5) is 30.0. The Morgan fingerprint density at radius 3 is 1.87 bits per heavy atom. The van der Waals surface area contributed by atoms with Crippen LogP contribution in [0.2, 0.25) is 0 Å². The maximum Gasteiger partial charge on any atom is 0.339 e. The summed E-state index contributed by atoms with van der Waals surface area (Å²) in [5.74, 6) is 0.0299. The lowest BCUT2D eigenvalue weighted by atomic mass is 10.2. The fraction of sp³-hybridized carbons (Fsp3) is 0.294. The fourth-order valence-corrected chi connectivity index (χ4v) is 2.81. The number of rotatable bonds is 6. The number of nitrogens with zero attached hydrogens (tertiary/aromatic N) is 5. The van der Waals surface area contributed by atoms with Gasteiger partial charge < -0.3 is 14.4 Å². The van der Waals surface area contributed by atoms with Gasteiger partial charge in [0.2, 0.25) is 0 Å². The van der Waals surface area contributed by atoms with Crippen molar-refractivity contribution in [3.63, 3.8) is 0 Å². The third-order valence-corrected chi connectivity index (χ3v) is 4.94. The minimum absolute atomic E-state index is 0.00314. The molecule has 2 aromatic heterocycles. The highest BCUT2D eigenvalue weighted by Crippen LogP contribution is 2.34. The van der Waals surface area contributed by atoms with Gasteiger partial charge in [-0.25, -0.2) is 9.97 Å². The summed E-state index contributed by atoms with van der Waals surface area (Å²) in [6.07, 6.45) is 6.29. The van der Waals surface area contributed by atoms with Gasteiger partial charge in [-0.15, -0.1) is 0 Å². The van der Waals surface area contributed by atoms with Crippen molar-refractivity contribution in [1.29, 1.82) is 0 Å². The number of halogens is 2. The van der Waals surface area contributed by atoms with Gasteiger partial charge >= 0.3 is 11.4 Å². The van der Waals surface area contributed by atoms with Crippen LogP contribution in [0, 0.1) is 27.2 Å². The first kappa shape index (κ1) is 25.2. The van der Waals surface area contributed by atoms with Gasteiger partial charge in [0, 0.05) is 36.5 Å². The Hall–Kier alpha value is -2.80. The van der Waals surface area contributed by atoms with Crippen LogP contribution in [0.1, 0.15) is 11.1 Å². The molecule has 11 nitrogen and oxygen atoms in total. The summed E-state index contributed by atoms with van der Waals surface area (Å²) in [6.45, 7) is 1.63. The van der Waals surface area contributed by atoms with E-state index in [-0.39, 0.29) is 23.1 Å². The molecule has 0 atom stereocenters. The van der Waals surface area contributed by atoms with Gasteiger partial charge in [0.15, 0.2) is 0 Å². The van der Waals surface area contributed by atoms with Crippen molar-refractivity contribution in [2.75, 3.05) is 28.3 Å². The van der Waals surface area contributed by atoms with E-state index in [9.17, 15) is 20.2 Å². The predicted molar refractivity (Wildman–Crippen MR) is 118 cm³/mol. The second-order valence-electron chi connectivity index (χ2n) is 5.76. The van der Waals surface area contributed by atoms with Crippen molar-refractivity contribution >= 4 is 49.3 Å². The Balaban J connectivity index is 0.000000311. The second-order valence-corrected chi connectivity index (χ2v) is 7.47. The first-order valence-corrected chi connectivity index (χ1v) is 9.68. The topological polar surface area (TPSA) is 134 Å². The molecular weight excluding hydrogens is 530 g/mol. The van der Waals surface area contributed by atoms with Crippen molar-refractivity contribution in [2.45, 2.75) is 6.92 Å². The minimum Gasteiger partial charge on any atom is -0.476 e. The van der Waals surface area contributed by atoms with Gasteiger partial charge in [-0.05, 0) is 51.1 Å². The molecule has 0 bridgehead atoms. The van der Waals surface area contributed by atoms with Crippen LogP contribution in [0.4, 0.5) is 11.4 Å². The number of hydrogen-bond acceptors (Lipinski definition) is 9. The molecule has 2 heterocycles. The zero-order chi connectivity index (χ0) is 23.0. The summed E-state index contributed by atoms with van der Waals surface area (Å²) in [5, 5.41) is 21.6. The maximum absolute atomic E-state index is 11.0. The Kier molecular flexibility index (Phi) is 9.59. The zero-order valence-corrected chi connectivity index (χ0v) is 19.9. The third-order valence-electron chi connectivity index (χ3n) is 3.51. The molecule has 0 fully saturated rings. The lowest BCUT2D eigenvalue weighted by Crippen LogP contribution is -2.02. The zero-order valence-electron chi connectivity index (χ0n) is 16.8. The number of aromatic nitrogens is 2. The standard InChI is InChI=1S/C10H12BrN3O3.C7H7BrN2O3/c1-13(2)5-4-7-8(11)6-12-10(17-3)9(7)14(15)16;1-4-5(8)3-9-7(13-2)6(4)10(11)12/h4-6H,1-3H3;3H,1-2H3. The van der Waals surface area contributed by atoms with Crippen molar-refractivity contribution in [1.82, 2.24) is 14.9 Å². The molecule has 0 amide bonds. The predicted octanol–water partition coefficient (Wildman–Crippen LogP) is 4.36. The SMILES string of the molecule is COc1ncc(Br)c(C)c1[N+](=O)[O-].COc1ncc(Br)c(C=CN(C)C)c1[N+](=O)[O-]. The molecule has 2 aromatic rings. The molecule has 0 spiro atoms. The summed E-state index contributed by atoms with van der Waals surface area (Å²) >= 11 is 6.39. The van der Waals surface area contributed by atoms with E-state index in [0.717, 1.165) is 0 Å². The molecular formula is C17H19Br2N5O6. The molecule has 0 aliphatic heterocycles. The van der Waals surface area contributed by atoms with Gasteiger partial charge in [0.25, 0.3) is 11.8 Å². The third kappa shape index (κ3) is 6.35. The number of nitro groups is 2. The van der Waals surface area contributed by atoms with Crippen molar-refractivity contribution in [2.24, 2.45) is 0 Å². The van der Waals surface area contributed by atoms with E-state index in [4.69, 9.17) is 9.47 Å². The van der Waals surface area contributed by atoms with Crippen LogP contribution >= 0.6 is 31.9 Å². The Morgan fingerprint density at radius 2 is 1.43 bits per heavy atom. The highest BCUT2D eigenvalue weighted by molar-refractivity contribution is 9.10. The minimum atomic E-state index is -0.508. The number of methoxy groups -OCH3 is 2. The quantitative estimate of drug-likeness (QED) is 0.381. The largest absolute Gasteiger partial charge is 0.476 e. The van der Waals surface area contributed by atoms with E-state index < -0.39 is 9.85 Å². The van der Waals surface area contributed by atoms with Crippen LogP contribution < -0.4 is 9.47 Å². The molecule has 162 valence electrons. The van der Waals surface area contributed by atoms with E-state index >= 15 is 0 Å². The molecule has 2 rings (SSSR count). The highest BCUT2D eigenvalue weighted by Gasteiger charge is 2.23. The summed E-state index contributed by atoms with van der Waals surface area (Å²) in [5.41, 5.74) is 0.684. The highest BCUT2D eigenvalue weighted by atomic mass is 79.9. The number of hydrogen-bond donors (Lipinski definition) is 0. The van der Waals surface area contributed by atoms with E-state index in [1.807, 2.05) is 14.1 Å². The van der Waals surface area contributed by atoms with Gasteiger partial charge in [-0.1, -0.05) is 0 Å². The molecule has 0 saturated carbocycles. The normalized spacial score (nSPS) is 10.2. The summed E-state index contributed by atoms with van der Waals surface area (Å²) in [6, 6.07) is 0. The Labute approximate surface area is 189 Å². The molecule has 0 aliphatic carbocycles. The fourth-order valence-electron chi connectivity index (χ4n) is 2.09. The van der Waals surface area contributed by atoms with Crippen molar-refractivity contribution < 1.29 is 19.3 Å². The van der Waals surface area contributed by atoms with Gasteiger partial charge in [-0.2, -0.15) is 0 Å². The Morgan fingerprint density at radius 1 is 0.967 bits per heavy atom. The number of pyridine rings is 2. The van der Waals surface area contributed by atoms with Gasteiger partial charge in [0.05, 0.1) is 34.1 Å². The molecule has 0 N–H and O–H groups in total. The molecule has 0 aliphatic rings. The molecule has 30 heavy (non-hydrogen) atoms. The van der Waals surface area contributed by atoms with E-state index in [0.29, 0.717) is 20.1 Å². The van der Waals surface area contributed by atoms with Crippen LogP contribution in [0.3, 0.4) is 0 Å². The van der Waals surface area contributed by atoms with Crippen LogP contribution in [0.5, 0.6) is 11.8 Å². The average molecular weight is 549 g/mol. The lowest BCUT2D eigenvalue weighted by molar-refractivity contribution is -0.386. The Bertz CT molecular complexity index is 968. The molecule has 0 unspecified atom stereocenters. The molecule has 13 heteroatoms. The van der Waals surface area contributed by atoms with E-state index in [2.05, 4.69) is 41.8 Å². The first-order valence-electron chi connectivity index (χ1n) is 8.10. The molecule has 0 aromatic carbocycles. The van der Waals surface area contributed by atoms with E-state index in [1.165, 1.54) is 26.6 Å². The smallest absolute Gasteiger partial charge is 0.339 e. The van der Waals surface area contributed by atoms with Crippen molar-refractivity contribution in [3.05, 3.63) is 58.9 Å².